The van der Waals surface area contributed by atoms with Crippen molar-refractivity contribution in [3.8, 4) is 5.82 Å². The molecule has 1 saturated carbocycles. The van der Waals surface area contributed by atoms with Crippen LogP contribution in [0.15, 0.2) is 35.1 Å². The van der Waals surface area contributed by atoms with Gasteiger partial charge in [-0.25, -0.2) is 9.36 Å². The fraction of sp³-hybridized carbons (Fsp3) is 0.474. The second-order valence-corrected chi connectivity index (χ2v) is 7.37. The Morgan fingerprint density at radius 2 is 2.08 bits per heavy atom. The van der Waals surface area contributed by atoms with E-state index in [2.05, 4.69) is 27.7 Å². The van der Waals surface area contributed by atoms with Crippen LogP contribution in [0.3, 0.4) is 0 Å². The van der Waals surface area contributed by atoms with E-state index in [1.807, 2.05) is 19.9 Å². The Balaban J connectivity index is 1.43. The third kappa shape index (κ3) is 3.21. The lowest BCUT2D eigenvalue weighted by atomic mass is 9.94. The molecular formula is C19H23N5O2. The Hall–Kier alpha value is -2.70. The van der Waals surface area contributed by atoms with Gasteiger partial charge in [0.1, 0.15) is 6.54 Å². The van der Waals surface area contributed by atoms with Gasteiger partial charge in [-0.05, 0) is 56.6 Å². The van der Waals surface area contributed by atoms with Crippen molar-refractivity contribution in [1.82, 2.24) is 24.9 Å². The molecule has 2 bridgehead atoms. The fourth-order valence-corrected chi connectivity index (χ4v) is 4.09. The number of aryl methyl sites for hydroxylation is 2. The van der Waals surface area contributed by atoms with E-state index in [0.29, 0.717) is 30.1 Å². The number of rotatable bonds is 5. The Bertz CT molecular complexity index is 926. The lowest BCUT2D eigenvalue weighted by Gasteiger charge is -2.18. The second kappa shape index (κ2) is 6.55. The molecule has 0 spiro atoms. The molecule has 7 heteroatoms. The van der Waals surface area contributed by atoms with Crippen molar-refractivity contribution in [3.63, 3.8) is 0 Å². The third-order valence-corrected chi connectivity index (χ3v) is 5.35. The molecule has 0 saturated heterocycles. The van der Waals surface area contributed by atoms with Crippen LogP contribution in [0.4, 0.5) is 0 Å². The molecule has 136 valence electrons. The van der Waals surface area contributed by atoms with Crippen LogP contribution in [0.5, 0.6) is 0 Å². The van der Waals surface area contributed by atoms with Gasteiger partial charge in [0.25, 0.3) is 5.56 Å². The first-order chi connectivity index (χ1) is 12.5. The number of carbonyl (C=O) groups excluding carboxylic acids is 1. The maximum absolute atomic E-state index is 12.3. The SMILES string of the molecule is Cc1cc(C)n(-c2ccc(=O)n(CC(=O)NC[C@@H]3C[C@@H]4C=C[C@@H]3C4)n2)n1. The Labute approximate surface area is 151 Å². The molecule has 2 aromatic heterocycles. The van der Waals surface area contributed by atoms with Crippen molar-refractivity contribution in [2.24, 2.45) is 17.8 Å². The molecule has 3 atom stereocenters. The van der Waals surface area contributed by atoms with E-state index in [9.17, 15) is 9.59 Å². The first-order valence-electron chi connectivity index (χ1n) is 9.06. The maximum atomic E-state index is 12.3. The topological polar surface area (TPSA) is 81.8 Å². The van der Waals surface area contributed by atoms with Crippen molar-refractivity contribution in [2.75, 3.05) is 6.54 Å². The van der Waals surface area contributed by atoms with E-state index in [-0.39, 0.29) is 18.0 Å². The smallest absolute Gasteiger partial charge is 0.267 e. The summed E-state index contributed by atoms with van der Waals surface area (Å²) in [6, 6.07) is 4.98. The maximum Gasteiger partial charge on any atom is 0.267 e. The third-order valence-electron chi connectivity index (χ3n) is 5.35. The standard InChI is InChI=1S/C19H23N5O2/c1-12-7-13(2)24(21-12)17-5-6-19(26)23(22-17)11-18(25)20-10-16-9-14-3-4-15(16)8-14/h3-7,14-16H,8-11H2,1-2H3,(H,20,25)/t14-,15-,16+/m1/s1. The minimum absolute atomic E-state index is 0.0807. The van der Waals surface area contributed by atoms with Crippen LogP contribution in [0.2, 0.25) is 0 Å². The zero-order valence-corrected chi connectivity index (χ0v) is 15.1. The van der Waals surface area contributed by atoms with Gasteiger partial charge in [0.2, 0.25) is 5.91 Å². The summed E-state index contributed by atoms with van der Waals surface area (Å²) in [5.74, 6) is 2.14. The first-order valence-corrected chi connectivity index (χ1v) is 9.06. The zero-order valence-electron chi connectivity index (χ0n) is 15.1. The number of amides is 1. The monoisotopic (exact) mass is 353 g/mol. The van der Waals surface area contributed by atoms with Crippen LogP contribution < -0.4 is 10.9 Å². The van der Waals surface area contributed by atoms with Crippen LogP contribution in [0, 0.1) is 31.6 Å². The van der Waals surface area contributed by atoms with Crippen LogP contribution in [0.25, 0.3) is 5.82 Å². The molecule has 7 nitrogen and oxygen atoms in total. The van der Waals surface area contributed by atoms with Crippen LogP contribution in [0.1, 0.15) is 24.2 Å². The summed E-state index contributed by atoms with van der Waals surface area (Å²) in [4.78, 5) is 24.4. The number of hydrogen-bond donors (Lipinski definition) is 1. The molecule has 1 amide bonds. The van der Waals surface area contributed by atoms with E-state index < -0.39 is 0 Å². The number of nitrogens with zero attached hydrogens (tertiary/aromatic N) is 4. The highest BCUT2D eigenvalue weighted by molar-refractivity contribution is 5.75. The Morgan fingerprint density at radius 1 is 1.23 bits per heavy atom. The number of hydrogen-bond acceptors (Lipinski definition) is 4. The Kier molecular flexibility index (Phi) is 4.22. The molecule has 2 heterocycles. The van der Waals surface area contributed by atoms with Crippen molar-refractivity contribution in [2.45, 2.75) is 33.2 Å². The summed E-state index contributed by atoms with van der Waals surface area (Å²) in [6.07, 6.45) is 6.92. The van der Waals surface area contributed by atoms with Gasteiger partial charge in [-0.1, -0.05) is 12.2 Å². The van der Waals surface area contributed by atoms with Crippen molar-refractivity contribution >= 4 is 5.91 Å². The largest absolute Gasteiger partial charge is 0.354 e. The minimum Gasteiger partial charge on any atom is -0.354 e. The van der Waals surface area contributed by atoms with E-state index in [4.69, 9.17) is 0 Å². The highest BCUT2D eigenvalue weighted by Gasteiger charge is 2.35. The summed E-state index contributed by atoms with van der Waals surface area (Å²) >= 11 is 0. The molecule has 0 aromatic carbocycles. The highest BCUT2D eigenvalue weighted by Crippen LogP contribution is 2.42. The summed E-state index contributed by atoms with van der Waals surface area (Å²) in [5, 5.41) is 11.6. The van der Waals surface area contributed by atoms with Crippen molar-refractivity contribution in [3.05, 3.63) is 52.1 Å². The Morgan fingerprint density at radius 3 is 2.73 bits per heavy atom. The normalized spacial score (nSPS) is 23.5. The molecule has 0 aliphatic heterocycles. The van der Waals surface area contributed by atoms with Crippen molar-refractivity contribution in [1.29, 1.82) is 0 Å². The molecule has 2 aromatic rings. The predicted molar refractivity (Wildman–Crippen MR) is 96.9 cm³/mol. The lowest BCUT2D eigenvalue weighted by molar-refractivity contribution is -0.122. The molecule has 0 unspecified atom stereocenters. The van der Waals surface area contributed by atoms with Gasteiger partial charge in [0, 0.05) is 18.3 Å². The van der Waals surface area contributed by atoms with Gasteiger partial charge in [-0.15, -0.1) is 5.10 Å². The molecule has 26 heavy (non-hydrogen) atoms. The quantitative estimate of drug-likeness (QED) is 0.823. The molecule has 1 fully saturated rings. The van der Waals surface area contributed by atoms with E-state index in [1.165, 1.54) is 17.2 Å². The van der Waals surface area contributed by atoms with Gasteiger partial charge < -0.3 is 5.32 Å². The van der Waals surface area contributed by atoms with Crippen molar-refractivity contribution < 1.29 is 4.79 Å². The second-order valence-electron chi connectivity index (χ2n) is 7.37. The highest BCUT2D eigenvalue weighted by atomic mass is 16.2. The number of allylic oxidation sites excluding steroid dienone is 2. The average molecular weight is 353 g/mol. The lowest BCUT2D eigenvalue weighted by Crippen LogP contribution is -2.37. The number of aromatic nitrogens is 4. The molecule has 1 N–H and O–H groups in total. The van der Waals surface area contributed by atoms with Gasteiger partial charge in [-0.2, -0.15) is 5.10 Å². The molecule has 2 aliphatic rings. The van der Waals surface area contributed by atoms with Gasteiger partial charge in [0.05, 0.1) is 5.69 Å². The summed E-state index contributed by atoms with van der Waals surface area (Å²) in [5.41, 5.74) is 1.50. The first kappa shape index (κ1) is 16.8. The molecular weight excluding hydrogens is 330 g/mol. The molecule has 4 rings (SSSR count). The molecule has 0 radical (unpaired) electrons. The number of fused-ring (bicyclic) bond motifs is 2. The number of nitrogens with one attached hydrogen (secondary N) is 1. The summed E-state index contributed by atoms with van der Waals surface area (Å²) in [6.45, 7) is 4.41. The average Bonchev–Trinajstić information content (AvgIpc) is 3.30. The van der Waals surface area contributed by atoms with E-state index in [0.717, 1.165) is 17.8 Å². The van der Waals surface area contributed by atoms with Gasteiger partial charge >= 0.3 is 0 Å². The fourth-order valence-electron chi connectivity index (χ4n) is 4.09. The minimum atomic E-state index is -0.298. The van der Waals surface area contributed by atoms with Gasteiger partial charge in [0.15, 0.2) is 5.82 Å². The number of carbonyl (C=O) groups is 1. The van der Waals surface area contributed by atoms with E-state index >= 15 is 0 Å². The summed E-state index contributed by atoms with van der Waals surface area (Å²) in [7, 11) is 0. The van der Waals surface area contributed by atoms with Crippen LogP contribution >= 0.6 is 0 Å². The van der Waals surface area contributed by atoms with Crippen LogP contribution in [-0.2, 0) is 11.3 Å². The van der Waals surface area contributed by atoms with Gasteiger partial charge in [-0.3, -0.25) is 9.59 Å². The zero-order chi connectivity index (χ0) is 18.3. The van der Waals surface area contributed by atoms with E-state index in [1.54, 1.807) is 10.7 Å². The predicted octanol–water partition coefficient (Wildman–Crippen LogP) is 1.37. The summed E-state index contributed by atoms with van der Waals surface area (Å²) < 4.78 is 2.87. The molecule has 2 aliphatic carbocycles. The van der Waals surface area contributed by atoms with Crippen LogP contribution in [-0.4, -0.2) is 32.0 Å².